The van der Waals surface area contributed by atoms with Crippen LogP contribution in [0.5, 0.6) is 5.88 Å². The van der Waals surface area contributed by atoms with Crippen LogP contribution in [0.1, 0.15) is 40.0 Å². The van der Waals surface area contributed by atoms with E-state index in [1.165, 1.54) is 0 Å². The molecule has 21 heavy (non-hydrogen) atoms. The van der Waals surface area contributed by atoms with E-state index >= 15 is 0 Å². The third-order valence-corrected chi connectivity index (χ3v) is 3.32. The summed E-state index contributed by atoms with van der Waals surface area (Å²) in [5.74, 6) is 0.590. The summed E-state index contributed by atoms with van der Waals surface area (Å²) in [6.45, 7) is 6.83. The Hall–Kier alpha value is -1.78. The quantitative estimate of drug-likeness (QED) is 0.858. The molecule has 0 unspecified atom stereocenters. The molecule has 1 amide bonds. The van der Waals surface area contributed by atoms with E-state index in [9.17, 15) is 4.79 Å². The van der Waals surface area contributed by atoms with Crippen molar-refractivity contribution in [3.05, 3.63) is 24.4 Å². The van der Waals surface area contributed by atoms with Crippen molar-refractivity contribution in [1.29, 1.82) is 0 Å². The summed E-state index contributed by atoms with van der Waals surface area (Å²) in [6.07, 6.45) is 4.50. The number of aromatic nitrogens is 1. The van der Waals surface area contributed by atoms with Crippen LogP contribution >= 0.6 is 0 Å². The van der Waals surface area contributed by atoms with Gasteiger partial charge >= 0.3 is 6.09 Å². The van der Waals surface area contributed by atoms with E-state index in [4.69, 9.17) is 9.47 Å². The molecule has 5 heteroatoms. The maximum absolute atomic E-state index is 12.3. The Bertz CT molecular complexity index is 456. The van der Waals surface area contributed by atoms with Crippen LogP contribution in [0, 0.1) is 0 Å². The van der Waals surface area contributed by atoms with Gasteiger partial charge in [-0.1, -0.05) is 6.07 Å². The predicted molar refractivity (Wildman–Crippen MR) is 80.3 cm³/mol. The molecule has 1 aliphatic heterocycles. The van der Waals surface area contributed by atoms with E-state index in [1.54, 1.807) is 11.1 Å². The minimum Gasteiger partial charge on any atom is -0.475 e. The number of amides is 1. The van der Waals surface area contributed by atoms with Gasteiger partial charge in [0.1, 0.15) is 12.2 Å². The van der Waals surface area contributed by atoms with Crippen LogP contribution in [0.15, 0.2) is 24.4 Å². The highest BCUT2D eigenvalue weighted by molar-refractivity contribution is 5.68. The van der Waals surface area contributed by atoms with Crippen LogP contribution in [0.3, 0.4) is 0 Å². The van der Waals surface area contributed by atoms with Crippen molar-refractivity contribution in [2.45, 2.75) is 51.7 Å². The summed E-state index contributed by atoms with van der Waals surface area (Å²) in [5.41, 5.74) is -0.471. The molecule has 0 N–H and O–H groups in total. The predicted octanol–water partition coefficient (Wildman–Crippen LogP) is 3.25. The summed E-state index contributed by atoms with van der Waals surface area (Å²) in [5, 5.41) is 0. The van der Waals surface area contributed by atoms with E-state index < -0.39 is 5.60 Å². The molecule has 1 aromatic heterocycles. The Balaban J connectivity index is 1.94. The van der Waals surface area contributed by atoms with E-state index in [1.807, 2.05) is 39.0 Å². The zero-order valence-electron chi connectivity index (χ0n) is 13.0. The number of pyridine rings is 1. The number of rotatable bonds is 3. The molecule has 0 radical (unpaired) electrons. The molecule has 1 atom stereocenters. The lowest BCUT2D eigenvalue weighted by Crippen LogP contribution is -2.48. The van der Waals surface area contributed by atoms with Crippen LogP contribution in [-0.4, -0.2) is 40.8 Å². The van der Waals surface area contributed by atoms with E-state index in [2.05, 4.69) is 4.98 Å². The third kappa shape index (κ3) is 4.92. The topological polar surface area (TPSA) is 51.7 Å². The van der Waals surface area contributed by atoms with Crippen LogP contribution in [0.25, 0.3) is 0 Å². The number of carbonyl (C=O) groups excluding carboxylic acids is 1. The smallest absolute Gasteiger partial charge is 0.410 e. The summed E-state index contributed by atoms with van der Waals surface area (Å²) in [4.78, 5) is 18.2. The maximum Gasteiger partial charge on any atom is 0.410 e. The van der Waals surface area contributed by atoms with Gasteiger partial charge in [0.2, 0.25) is 5.88 Å². The highest BCUT2D eigenvalue weighted by Crippen LogP contribution is 2.21. The Labute approximate surface area is 126 Å². The normalized spacial score (nSPS) is 19.2. The highest BCUT2D eigenvalue weighted by Gasteiger charge is 2.30. The zero-order chi connectivity index (χ0) is 15.3. The monoisotopic (exact) mass is 292 g/mol. The lowest BCUT2D eigenvalue weighted by Gasteiger charge is -2.36. The Morgan fingerprint density at radius 3 is 2.86 bits per heavy atom. The van der Waals surface area contributed by atoms with Gasteiger partial charge in [0.25, 0.3) is 0 Å². The van der Waals surface area contributed by atoms with Crippen LogP contribution < -0.4 is 4.74 Å². The number of hydrogen-bond acceptors (Lipinski definition) is 4. The highest BCUT2D eigenvalue weighted by atomic mass is 16.6. The van der Waals surface area contributed by atoms with E-state index in [0.717, 1.165) is 25.8 Å². The molecule has 2 rings (SSSR count). The van der Waals surface area contributed by atoms with Gasteiger partial charge in [-0.2, -0.15) is 0 Å². The fourth-order valence-corrected chi connectivity index (χ4v) is 2.35. The largest absolute Gasteiger partial charge is 0.475 e. The van der Waals surface area contributed by atoms with Gasteiger partial charge in [0.05, 0.1) is 6.04 Å². The van der Waals surface area contributed by atoms with Gasteiger partial charge in [-0.05, 0) is 46.1 Å². The second-order valence-electron chi connectivity index (χ2n) is 6.30. The fraction of sp³-hybridized carbons (Fsp3) is 0.625. The minimum absolute atomic E-state index is 0.0515. The van der Waals surface area contributed by atoms with Crippen LogP contribution in [0.2, 0.25) is 0 Å². The number of piperidine rings is 1. The van der Waals surface area contributed by atoms with Gasteiger partial charge in [-0.15, -0.1) is 0 Å². The van der Waals surface area contributed by atoms with Gasteiger partial charge in [-0.3, -0.25) is 0 Å². The second-order valence-corrected chi connectivity index (χ2v) is 6.30. The van der Waals surface area contributed by atoms with Gasteiger partial charge in [-0.25, -0.2) is 9.78 Å². The molecule has 1 fully saturated rings. The van der Waals surface area contributed by atoms with Gasteiger partial charge in [0, 0.05) is 18.8 Å². The zero-order valence-corrected chi connectivity index (χ0v) is 13.0. The lowest BCUT2D eigenvalue weighted by molar-refractivity contribution is 0.00335. The average Bonchev–Trinajstić information content (AvgIpc) is 2.45. The molecule has 116 valence electrons. The first-order valence-corrected chi connectivity index (χ1v) is 7.49. The number of nitrogens with zero attached hydrogens (tertiary/aromatic N) is 2. The second kappa shape index (κ2) is 6.78. The molecule has 0 aromatic carbocycles. The number of likely N-dealkylation sites (tertiary alicyclic amines) is 1. The third-order valence-electron chi connectivity index (χ3n) is 3.32. The summed E-state index contributed by atoms with van der Waals surface area (Å²) < 4.78 is 11.2. The maximum atomic E-state index is 12.3. The molecular formula is C16H24N2O3. The number of hydrogen-bond donors (Lipinski definition) is 0. The Morgan fingerprint density at radius 1 is 1.38 bits per heavy atom. The molecule has 2 heterocycles. The molecule has 1 aromatic rings. The SMILES string of the molecule is CC(C)(C)OC(=O)N1CCCC[C@H]1COc1ccccn1. The molecule has 0 bridgehead atoms. The van der Waals surface area contributed by atoms with E-state index in [0.29, 0.717) is 12.5 Å². The molecule has 0 spiro atoms. The lowest BCUT2D eigenvalue weighted by atomic mass is 10.0. The van der Waals surface area contributed by atoms with Crippen molar-refractivity contribution < 1.29 is 14.3 Å². The average molecular weight is 292 g/mol. The van der Waals surface area contributed by atoms with Crippen molar-refractivity contribution in [2.24, 2.45) is 0 Å². The van der Waals surface area contributed by atoms with Crippen molar-refractivity contribution in [2.75, 3.05) is 13.2 Å². The summed E-state index contributed by atoms with van der Waals surface area (Å²) in [6, 6.07) is 5.60. The first-order valence-electron chi connectivity index (χ1n) is 7.49. The molecule has 5 nitrogen and oxygen atoms in total. The van der Waals surface area contributed by atoms with Gasteiger partial charge < -0.3 is 14.4 Å². The molecular weight excluding hydrogens is 268 g/mol. The first-order chi connectivity index (χ1) is 9.96. The Kier molecular flexibility index (Phi) is 5.04. The Morgan fingerprint density at radius 2 is 2.19 bits per heavy atom. The van der Waals surface area contributed by atoms with E-state index in [-0.39, 0.29) is 12.1 Å². The summed E-state index contributed by atoms with van der Waals surface area (Å²) >= 11 is 0. The van der Waals surface area contributed by atoms with Crippen LogP contribution in [-0.2, 0) is 4.74 Å². The molecule has 0 saturated carbocycles. The number of carbonyl (C=O) groups is 1. The summed E-state index contributed by atoms with van der Waals surface area (Å²) in [7, 11) is 0. The van der Waals surface area contributed by atoms with Gasteiger partial charge in [0.15, 0.2) is 0 Å². The van der Waals surface area contributed by atoms with Crippen LogP contribution in [0.4, 0.5) is 4.79 Å². The first kappa shape index (κ1) is 15.6. The van der Waals surface area contributed by atoms with Crippen molar-refractivity contribution in [3.8, 4) is 5.88 Å². The molecule has 1 saturated heterocycles. The fourth-order valence-electron chi connectivity index (χ4n) is 2.35. The molecule has 0 aliphatic carbocycles. The minimum atomic E-state index is -0.471. The molecule has 1 aliphatic rings. The number of ether oxygens (including phenoxy) is 2. The standard InChI is InChI=1S/C16H24N2O3/c1-16(2,3)21-15(19)18-11-7-5-8-13(18)12-20-14-9-4-6-10-17-14/h4,6,9-10,13H,5,7-8,11-12H2,1-3H3/t13-/m0/s1. The van der Waals surface area contributed by atoms with Crippen molar-refractivity contribution in [3.63, 3.8) is 0 Å². The van der Waals surface area contributed by atoms with Crippen molar-refractivity contribution in [1.82, 2.24) is 9.88 Å². The van der Waals surface area contributed by atoms with Crippen molar-refractivity contribution >= 4 is 6.09 Å².